The van der Waals surface area contributed by atoms with Crippen LogP contribution in [0.25, 0.3) is 6.08 Å². The Labute approximate surface area is 161 Å². The summed E-state index contributed by atoms with van der Waals surface area (Å²) in [6.07, 6.45) is 1.28. The zero-order valence-corrected chi connectivity index (χ0v) is 15.9. The molecular formula is C18H21N5O5. The number of anilines is 1. The molecule has 1 aromatic rings. The lowest BCUT2D eigenvalue weighted by atomic mass is 10.1. The van der Waals surface area contributed by atoms with E-state index in [4.69, 9.17) is 0 Å². The van der Waals surface area contributed by atoms with Crippen LogP contribution in [0.5, 0.6) is 0 Å². The Hall–Kier alpha value is -3.27. The van der Waals surface area contributed by atoms with Crippen molar-refractivity contribution in [3.05, 3.63) is 39.4 Å². The number of benzene rings is 1. The van der Waals surface area contributed by atoms with Gasteiger partial charge in [-0.1, -0.05) is 6.07 Å². The van der Waals surface area contributed by atoms with Gasteiger partial charge in [-0.25, -0.2) is 4.79 Å². The van der Waals surface area contributed by atoms with Crippen LogP contribution in [0.4, 0.5) is 16.2 Å². The number of rotatable bonds is 3. The fourth-order valence-electron chi connectivity index (χ4n) is 3.23. The van der Waals surface area contributed by atoms with Crippen molar-refractivity contribution < 1.29 is 19.3 Å². The Kier molecular flexibility index (Phi) is 5.14. The highest BCUT2D eigenvalue weighted by Gasteiger charge is 2.37. The van der Waals surface area contributed by atoms with E-state index in [1.54, 1.807) is 12.1 Å². The lowest BCUT2D eigenvalue weighted by molar-refractivity contribution is -0.384. The van der Waals surface area contributed by atoms with E-state index < -0.39 is 22.8 Å². The summed E-state index contributed by atoms with van der Waals surface area (Å²) in [5.74, 6) is -1.47. The Balaban J connectivity index is 1.97. The molecule has 3 rings (SSSR count). The molecule has 0 radical (unpaired) electrons. The molecule has 0 bridgehead atoms. The molecule has 0 atom stereocenters. The van der Waals surface area contributed by atoms with Crippen molar-refractivity contribution in [3.8, 4) is 0 Å². The normalized spacial score (nSPS) is 18.8. The zero-order chi connectivity index (χ0) is 20.6. The number of carbonyl (C=O) groups excluding carboxylic acids is 3. The van der Waals surface area contributed by atoms with Crippen molar-refractivity contribution in [3.63, 3.8) is 0 Å². The maximum Gasteiger partial charge on any atom is 0.333 e. The highest BCUT2D eigenvalue weighted by Crippen LogP contribution is 2.31. The summed E-state index contributed by atoms with van der Waals surface area (Å²) in [6.45, 7) is 2.95. The summed E-state index contributed by atoms with van der Waals surface area (Å²) >= 11 is 0. The molecule has 1 aromatic carbocycles. The van der Waals surface area contributed by atoms with E-state index in [9.17, 15) is 24.5 Å². The number of nitro groups is 1. The van der Waals surface area contributed by atoms with Crippen LogP contribution >= 0.6 is 0 Å². The quantitative estimate of drug-likeness (QED) is 0.326. The van der Waals surface area contributed by atoms with Gasteiger partial charge in [-0.15, -0.1) is 0 Å². The van der Waals surface area contributed by atoms with E-state index in [1.807, 2.05) is 11.9 Å². The Morgan fingerprint density at radius 3 is 2.07 bits per heavy atom. The number of amides is 4. The minimum absolute atomic E-state index is 0.0904. The second kappa shape index (κ2) is 7.39. The molecule has 28 heavy (non-hydrogen) atoms. The lowest BCUT2D eigenvalue weighted by Crippen LogP contribution is -2.52. The average molecular weight is 387 g/mol. The number of barbiturate groups is 1. The third kappa shape index (κ3) is 3.46. The van der Waals surface area contributed by atoms with Gasteiger partial charge in [0.1, 0.15) is 11.3 Å². The molecule has 2 heterocycles. The molecule has 10 heteroatoms. The molecule has 2 aliphatic heterocycles. The molecule has 2 aliphatic rings. The predicted molar refractivity (Wildman–Crippen MR) is 102 cm³/mol. The van der Waals surface area contributed by atoms with Gasteiger partial charge in [0.15, 0.2) is 0 Å². The molecule has 0 spiro atoms. The minimum Gasteiger partial charge on any atom is -0.363 e. The first-order valence-electron chi connectivity index (χ1n) is 8.74. The number of nitro benzene ring substituents is 1. The summed E-state index contributed by atoms with van der Waals surface area (Å²) in [7, 11) is 4.55. The van der Waals surface area contributed by atoms with Crippen LogP contribution in [-0.2, 0) is 9.59 Å². The van der Waals surface area contributed by atoms with E-state index in [0.29, 0.717) is 24.3 Å². The van der Waals surface area contributed by atoms with Gasteiger partial charge in [0.05, 0.1) is 4.92 Å². The Bertz CT molecular complexity index is 862. The first-order valence-corrected chi connectivity index (χ1v) is 8.74. The van der Waals surface area contributed by atoms with Gasteiger partial charge >= 0.3 is 6.03 Å². The number of urea groups is 1. The van der Waals surface area contributed by atoms with Gasteiger partial charge in [0.25, 0.3) is 17.5 Å². The first-order chi connectivity index (χ1) is 13.2. The Morgan fingerprint density at radius 1 is 0.964 bits per heavy atom. The van der Waals surface area contributed by atoms with Crippen LogP contribution in [-0.4, -0.2) is 84.8 Å². The molecule has 4 amide bonds. The van der Waals surface area contributed by atoms with Gasteiger partial charge in [-0.3, -0.25) is 29.5 Å². The van der Waals surface area contributed by atoms with E-state index in [2.05, 4.69) is 4.90 Å². The summed E-state index contributed by atoms with van der Waals surface area (Å²) < 4.78 is 0. The van der Waals surface area contributed by atoms with Gasteiger partial charge in [-0.2, -0.15) is 0 Å². The van der Waals surface area contributed by atoms with E-state index in [1.165, 1.54) is 26.2 Å². The van der Waals surface area contributed by atoms with Crippen molar-refractivity contribution in [1.29, 1.82) is 0 Å². The summed E-state index contributed by atoms with van der Waals surface area (Å²) in [5, 5.41) is 11.6. The molecule has 0 aromatic heterocycles. The van der Waals surface area contributed by atoms with E-state index in [0.717, 1.165) is 22.9 Å². The number of carbonyl (C=O) groups is 3. The molecule has 0 saturated carbocycles. The van der Waals surface area contributed by atoms with Crippen molar-refractivity contribution in [1.82, 2.24) is 14.7 Å². The minimum atomic E-state index is -0.737. The van der Waals surface area contributed by atoms with E-state index in [-0.39, 0.29) is 11.3 Å². The summed E-state index contributed by atoms with van der Waals surface area (Å²) in [4.78, 5) is 53.3. The molecule has 2 fully saturated rings. The maximum absolute atomic E-state index is 12.3. The summed E-state index contributed by atoms with van der Waals surface area (Å²) in [6, 6.07) is 3.89. The number of hydrogen-bond acceptors (Lipinski definition) is 7. The Morgan fingerprint density at radius 2 is 1.54 bits per heavy atom. The highest BCUT2D eigenvalue weighted by atomic mass is 16.6. The third-order valence-corrected chi connectivity index (χ3v) is 5.00. The number of nitrogens with zero attached hydrogens (tertiary/aromatic N) is 5. The molecular weight excluding hydrogens is 366 g/mol. The fourth-order valence-corrected chi connectivity index (χ4v) is 3.23. The monoisotopic (exact) mass is 387 g/mol. The lowest BCUT2D eigenvalue weighted by Gasteiger charge is -2.33. The van der Waals surface area contributed by atoms with Crippen LogP contribution in [0.15, 0.2) is 23.8 Å². The van der Waals surface area contributed by atoms with Gasteiger partial charge in [0, 0.05) is 46.3 Å². The number of hydrogen-bond donors (Lipinski definition) is 0. The van der Waals surface area contributed by atoms with E-state index >= 15 is 0 Å². The topological polar surface area (TPSA) is 107 Å². The van der Waals surface area contributed by atoms with Crippen LogP contribution in [0.3, 0.4) is 0 Å². The first kappa shape index (κ1) is 19.5. The van der Waals surface area contributed by atoms with Crippen molar-refractivity contribution >= 4 is 35.3 Å². The molecule has 148 valence electrons. The summed E-state index contributed by atoms with van der Waals surface area (Å²) in [5.41, 5.74) is 0.544. The van der Waals surface area contributed by atoms with Crippen molar-refractivity contribution in [2.24, 2.45) is 0 Å². The zero-order valence-electron chi connectivity index (χ0n) is 15.9. The number of imide groups is 2. The third-order valence-electron chi connectivity index (χ3n) is 5.00. The second-order valence-corrected chi connectivity index (χ2v) is 6.86. The molecule has 0 aliphatic carbocycles. The van der Waals surface area contributed by atoms with Crippen LogP contribution in [0, 0.1) is 10.1 Å². The molecule has 0 N–H and O–H groups in total. The number of likely N-dealkylation sites (N-methyl/N-ethyl adjacent to an activating group) is 3. The second-order valence-electron chi connectivity index (χ2n) is 6.86. The van der Waals surface area contributed by atoms with Crippen LogP contribution < -0.4 is 4.90 Å². The molecule has 0 unspecified atom stereocenters. The standard InChI is InChI=1S/C18H21N5O5/c1-19-6-8-22(9-7-19)14-5-4-12(11-15(14)23(27)28)10-13-16(24)20(2)18(26)21(3)17(13)25/h4-5,10-11H,6-9H2,1-3H3. The number of piperazine rings is 1. The van der Waals surface area contributed by atoms with Crippen LogP contribution in [0.1, 0.15) is 5.56 Å². The van der Waals surface area contributed by atoms with Crippen molar-refractivity contribution in [2.45, 2.75) is 0 Å². The predicted octanol–water partition coefficient (Wildman–Crippen LogP) is 0.780. The van der Waals surface area contributed by atoms with Gasteiger partial charge in [0.2, 0.25) is 0 Å². The fraction of sp³-hybridized carbons (Fsp3) is 0.389. The van der Waals surface area contributed by atoms with Crippen molar-refractivity contribution in [2.75, 3.05) is 52.2 Å². The molecule has 10 nitrogen and oxygen atoms in total. The largest absolute Gasteiger partial charge is 0.363 e. The average Bonchev–Trinajstić information content (AvgIpc) is 2.68. The molecule has 2 saturated heterocycles. The SMILES string of the molecule is CN1CCN(c2ccc(C=C3C(=O)N(C)C(=O)N(C)C3=O)cc2[N+](=O)[O-])CC1. The maximum atomic E-state index is 12.3. The highest BCUT2D eigenvalue weighted by molar-refractivity contribution is 6.30. The van der Waals surface area contributed by atoms with Crippen LogP contribution in [0.2, 0.25) is 0 Å². The smallest absolute Gasteiger partial charge is 0.333 e. The van der Waals surface area contributed by atoms with Gasteiger partial charge < -0.3 is 9.80 Å². The van der Waals surface area contributed by atoms with Gasteiger partial charge in [-0.05, 0) is 24.8 Å².